The van der Waals surface area contributed by atoms with Crippen LogP contribution < -0.4 is 10.2 Å². The van der Waals surface area contributed by atoms with Crippen molar-refractivity contribution in [2.45, 2.75) is 20.4 Å². The standard InChI is InChI=1S/C17H20ClFN2/c1-3-21(4-2)17-7-5-16(6-8-17)20-12-13-9-14(18)11-15(19)10-13/h5-11,20H,3-4,12H2,1-2H3. The maximum Gasteiger partial charge on any atom is 0.125 e. The Morgan fingerprint density at radius 3 is 2.29 bits per heavy atom. The molecule has 4 heteroatoms. The fourth-order valence-electron chi connectivity index (χ4n) is 2.30. The van der Waals surface area contributed by atoms with E-state index >= 15 is 0 Å². The molecule has 112 valence electrons. The Kier molecular flexibility index (Phi) is 5.45. The van der Waals surface area contributed by atoms with Crippen molar-refractivity contribution in [3.05, 3.63) is 58.9 Å². The van der Waals surface area contributed by atoms with Crippen molar-refractivity contribution < 1.29 is 4.39 Å². The van der Waals surface area contributed by atoms with Crippen LogP contribution in [0.4, 0.5) is 15.8 Å². The van der Waals surface area contributed by atoms with Crippen molar-refractivity contribution in [3.8, 4) is 0 Å². The van der Waals surface area contributed by atoms with Crippen LogP contribution in [0.15, 0.2) is 42.5 Å². The molecule has 21 heavy (non-hydrogen) atoms. The topological polar surface area (TPSA) is 15.3 Å². The molecule has 0 aliphatic heterocycles. The first-order chi connectivity index (χ1) is 10.1. The first-order valence-corrected chi connectivity index (χ1v) is 7.54. The normalized spacial score (nSPS) is 10.5. The van der Waals surface area contributed by atoms with Gasteiger partial charge in [-0.2, -0.15) is 0 Å². The van der Waals surface area contributed by atoms with E-state index in [1.165, 1.54) is 17.8 Å². The number of hydrogen-bond donors (Lipinski definition) is 1. The lowest BCUT2D eigenvalue weighted by molar-refractivity contribution is 0.626. The van der Waals surface area contributed by atoms with Crippen molar-refractivity contribution in [3.63, 3.8) is 0 Å². The van der Waals surface area contributed by atoms with Gasteiger partial charge in [-0.25, -0.2) is 4.39 Å². The van der Waals surface area contributed by atoms with Crippen molar-refractivity contribution in [1.29, 1.82) is 0 Å². The fraction of sp³-hybridized carbons (Fsp3) is 0.294. The summed E-state index contributed by atoms with van der Waals surface area (Å²) in [6.07, 6.45) is 0. The predicted molar refractivity (Wildman–Crippen MR) is 88.7 cm³/mol. The molecule has 1 N–H and O–H groups in total. The third-order valence-electron chi connectivity index (χ3n) is 3.41. The van der Waals surface area contributed by atoms with Gasteiger partial charge >= 0.3 is 0 Å². The molecule has 2 aromatic rings. The molecule has 0 saturated carbocycles. The van der Waals surface area contributed by atoms with Crippen LogP contribution in [0, 0.1) is 5.82 Å². The Balaban J connectivity index is 2.00. The largest absolute Gasteiger partial charge is 0.381 e. The molecular formula is C17H20ClFN2. The van der Waals surface area contributed by atoms with Crippen molar-refractivity contribution in [2.75, 3.05) is 23.3 Å². The van der Waals surface area contributed by atoms with Crippen LogP contribution in [0.2, 0.25) is 5.02 Å². The molecular weight excluding hydrogens is 287 g/mol. The molecule has 0 aromatic heterocycles. The van der Waals surface area contributed by atoms with Gasteiger partial charge in [-0.15, -0.1) is 0 Å². The van der Waals surface area contributed by atoms with Crippen molar-refractivity contribution in [2.24, 2.45) is 0 Å². The molecule has 2 aromatic carbocycles. The van der Waals surface area contributed by atoms with E-state index in [9.17, 15) is 4.39 Å². The average molecular weight is 307 g/mol. The Morgan fingerprint density at radius 2 is 1.71 bits per heavy atom. The van der Waals surface area contributed by atoms with E-state index in [-0.39, 0.29) is 5.82 Å². The van der Waals surface area contributed by atoms with Gasteiger partial charge in [0, 0.05) is 36.0 Å². The second-order valence-corrected chi connectivity index (χ2v) is 5.29. The summed E-state index contributed by atoms with van der Waals surface area (Å²) in [6, 6.07) is 12.8. The number of anilines is 2. The maximum atomic E-state index is 13.3. The van der Waals surface area contributed by atoms with Gasteiger partial charge in [-0.3, -0.25) is 0 Å². The third-order valence-corrected chi connectivity index (χ3v) is 3.63. The second kappa shape index (κ2) is 7.32. The molecule has 0 fully saturated rings. The van der Waals surface area contributed by atoms with Gasteiger partial charge in [-0.1, -0.05) is 11.6 Å². The Morgan fingerprint density at radius 1 is 1.05 bits per heavy atom. The zero-order chi connectivity index (χ0) is 15.2. The second-order valence-electron chi connectivity index (χ2n) is 4.85. The van der Waals surface area contributed by atoms with E-state index in [0.29, 0.717) is 11.6 Å². The van der Waals surface area contributed by atoms with E-state index in [1.54, 1.807) is 6.07 Å². The van der Waals surface area contributed by atoms with Crippen LogP contribution in [0.3, 0.4) is 0 Å². The number of nitrogens with zero attached hydrogens (tertiary/aromatic N) is 1. The van der Waals surface area contributed by atoms with E-state index in [0.717, 1.165) is 24.3 Å². The average Bonchev–Trinajstić information content (AvgIpc) is 2.47. The van der Waals surface area contributed by atoms with Gasteiger partial charge in [0.1, 0.15) is 5.82 Å². The third kappa shape index (κ3) is 4.36. The molecule has 0 bridgehead atoms. The summed E-state index contributed by atoms with van der Waals surface area (Å²) >= 11 is 5.85. The van der Waals surface area contributed by atoms with E-state index < -0.39 is 0 Å². The van der Waals surface area contributed by atoms with Gasteiger partial charge in [0.15, 0.2) is 0 Å². The van der Waals surface area contributed by atoms with Crippen LogP contribution in [-0.2, 0) is 6.54 Å². The monoisotopic (exact) mass is 306 g/mol. The molecule has 0 atom stereocenters. The zero-order valence-electron chi connectivity index (χ0n) is 12.4. The highest BCUT2D eigenvalue weighted by molar-refractivity contribution is 6.30. The molecule has 0 unspecified atom stereocenters. The smallest absolute Gasteiger partial charge is 0.125 e. The minimum atomic E-state index is -0.309. The molecule has 2 nitrogen and oxygen atoms in total. The SMILES string of the molecule is CCN(CC)c1ccc(NCc2cc(F)cc(Cl)c2)cc1. The van der Waals surface area contributed by atoms with Gasteiger partial charge in [-0.05, 0) is 61.9 Å². The van der Waals surface area contributed by atoms with Gasteiger partial charge in [0.25, 0.3) is 0 Å². The molecule has 0 heterocycles. The lowest BCUT2D eigenvalue weighted by Crippen LogP contribution is -2.21. The Bertz CT molecular complexity index is 560. The quantitative estimate of drug-likeness (QED) is 0.813. The van der Waals surface area contributed by atoms with Crippen LogP contribution in [-0.4, -0.2) is 13.1 Å². The molecule has 0 amide bonds. The molecule has 2 rings (SSSR count). The molecule has 0 radical (unpaired) electrons. The molecule has 0 spiro atoms. The van der Waals surface area contributed by atoms with Crippen LogP contribution >= 0.6 is 11.6 Å². The van der Waals surface area contributed by atoms with Gasteiger partial charge < -0.3 is 10.2 Å². The fourth-order valence-corrected chi connectivity index (χ4v) is 2.54. The number of nitrogens with one attached hydrogen (secondary N) is 1. The first-order valence-electron chi connectivity index (χ1n) is 7.16. The number of halogens is 2. The summed E-state index contributed by atoms with van der Waals surface area (Å²) in [5.41, 5.74) is 3.04. The van der Waals surface area contributed by atoms with Crippen LogP contribution in [0.1, 0.15) is 19.4 Å². The van der Waals surface area contributed by atoms with E-state index in [4.69, 9.17) is 11.6 Å². The number of benzene rings is 2. The highest BCUT2D eigenvalue weighted by atomic mass is 35.5. The number of hydrogen-bond acceptors (Lipinski definition) is 2. The highest BCUT2D eigenvalue weighted by Gasteiger charge is 2.02. The highest BCUT2D eigenvalue weighted by Crippen LogP contribution is 2.19. The molecule has 0 aliphatic rings. The minimum Gasteiger partial charge on any atom is -0.381 e. The zero-order valence-corrected chi connectivity index (χ0v) is 13.1. The summed E-state index contributed by atoms with van der Waals surface area (Å²) in [6.45, 7) is 6.81. The number of rotatable bonds is 6. The summed E-state index contributed by atoms with van der Waals surface area (Å²) < 4.78 is 13.3. The summed E-state index contributed by atoms with van der Waals surface area (Å²) in [5.74, 6) is -0.309. The van der Waals surface area contributed by atoms with Crippen LogP contribution in [0.25, 0.3) is 0 Å². The lowest BCUT2D eigenvalue weighted by Gasteiger charge is -2.21. The van der Waals surface area contributed by atoms with E-state index in [1.807, 2.05) is 12.1 Å². The van der Waals surface area contributed by atoms with Gasteiger partial charge in [0.2, 0.25) is 0 Å². The maximum absolute atomic E-state index is 13.3. The molecule has 0 saturated heterocycles. The summed E-state index contributed by atoms with van der Waals surface area (Å²) in [7, 11) is 0. The van der Waals surface area contributed by atoms with Crippen LogP contribution in [0.5, 0.6) is 0 Å². The van der Waals surface area contributed by atoms with E-state index in [2.05, 4.69) is 36.2 Å². The molecule has 0 aliphatic carbocycles. The summed E-state index contributed by atoms with van der Waals surface area (Å²) in [5, 5.41) is 3.69. The van der Waals surface area contributed by atoms with Crippen molar-refractivity contribution >= 4 is 23.0 Å². The van der Waals surface area contributed by atoms with Crippen molar-refractivity contribution in [1.82, 2.24) is 0 Å². The Labute approximate surface area is 130 Å². The first kappa shape index (κ1) is 15.6. The summed E-state index contributed by atoms with van der Waals surface area (Å²) in [4.78, 5) is 2.29. The Hall–Kier alpha value is -1.74. The minimum absolute atomic E-state index is 0.309. The lowest BCUT2D eigenvalue weighted by atomic mass is 10.2. The predicted octanol–water partition coefficient (Wildman–Crippen LogP) is 4.94. The van der Waals surface area contributed by atoms with Gasteiger partial charge in [0.05, 0.1) is 0 Å².